The second-order valence-electron chi connectivity index (χ2n) is 5.42. The number of hydrogen-bond donors (Lipinski definition) is 2. The molecule has 0 saturated carbocycles. The molecule has 22 heavy (non-hydrogen) atoms. The van der Waals surface area contributed by atoms with Crippen LogP contribution in [0.1, 0.15) is 29.4 Å². The third kappa shape index (κ3) is 3.41. The molecule has 2 aromatic rings. The van der Waals surface area contributed by atoms with Gasteiger partial charge in [-0.05, 0) is 45.7 Å². The van der Waals surface area contributed by atoms with Gasteiger partial charge in [0, 0.05) is 5.69 Å². The summed E-state index contributed by atoms with van der Waals surface area (Å²) in [4.78, 5) is 12.4. The first kappa shape index (κ1) is 16.4. The van der Waals surface area contributed by atoms with Gasteiger partial charge in [0.15, 0.2) is 0 Å². The van der Waals surface area contributed by atoms with Crippen molar-refractivity contribution in [2.45, 2.75) is 45.0 Å². The Kier molecular flexibility index (Phi) is 4.75. The summed E-state index contributed by atoms with van der Waals surface area (Å²) < 4.78 is 1.39. The van der Waals surface area contributed by atoms with Gasteiger partial charge in [0.2, 0.25) is 11.1 Å². The molecule has 118 valence electrons. The zero-order valence-corrected chi connectivity index (χ0v) is 14.3. The van der Waals surface area contributed by atoms with Gasteiger partial charge in [0.05, 0.1) is 5.25 Å². The molecule has 1 amide bonds. The van der Waals surface area contributed by atoms with E-state index >= 15 is 0 Å². The lowest BCUT2D eigenvalue weighted by Crippen LogP contribution is -2.24. The molecule has 1 aromatic heterocycles. The average Bonchev–Trinajstić information content (AvgIpc) is 2.74. The number of aryl methyl sites for hydroxylation is 4. The number of carbonyl (C=O) groups excluding carboxylic acids is 1. The second-order valence-corrected chi connectivity index (χ2v) is 6.73. The summed E-state index contributed by atoms with van der Waals surface area (Å²) in [6, 6.07) is 4.11. The molecule has 3 N–H and O–H groups in total. The number of nitrogens with zero attached hydrogens (tertiary/aromatic N) is 3. The Bertz CT molecular complexity index is 687. The number of benzene rings is 1. The minimum Gasteiger partial charge on any atom is -0.336 e. The number of nitrogen functional groups attached to an aromatic ring is 1. The van der Waals surface area contributed by atoms with Gasteiger partial charge < -0.3 is 11.2 Å². The molecule has 0 bridgehead atoms. The molecule has 0 radical (unpaired) electrons. The van der Waals surface area contributed by atoms with E-state index < -0.39 is 0 Å². The van der Waals surface area contributed by atoms with Gasteiger partial charge in [-0.1, -0.05) is 29.5 Å². The molecule has 7 heteroatoms. The molecular formula is C15H21N5OS. The van der Waals surface area contributed by atoms with Gasteiger partial charge in [-0.3, -0.25) is 4.79 Å². The third-order valence-corrected chi connectivity index (χ3v) is 4.47. The van der Waals surface area contributed by atoms with Crippen LogP contribution in [0.2, 0.25) is 0 Å². The number of nitrogens with one attached hydrogen (secondary N) is 1. The van der Waals surface area contributed by atoms with Crippen LogP contribution in [-0.2, 0) is 4.79 Å². The van der Waals surface area contributed by atoms with E-state index in [4.69, 9.17) is 5.84 Å². The van der Waals surface area contributed by atoms with E-state index in [0.29, 0.717) is 11.0 Å². The topological polar surface area (TPSA) is 85.8 Å². The summed E-state index contributed by atoms with van der Waals surface area (Å²) in [5, 5.41) is 11.0. The Morgan fingerprint density at radius 3 is 2.32 bits per heavy atom. The summed E-state index contributed by atoms with van der Waals surface area (Å²) >= 11 is 1.29. The maximum atomic E-state index is 12.4. The SMILES string of the molecule is Cc1cc(C)c(NC(=O)[C@H](C)Sc2nnc(C)n2N)c(C)c1. The number of carbonyl (C=O) groups is 1. The lowest BCUT2D eigenvalue weighted by Gasteiger charge is -2.15. The van der Waals surface area contributed by atoms with E-state index in [2.05, 4.69) is 27.6 Å². The van der Waals surface area contributed by atoms with Crippen molar-refractivity contribution in [3.63, 3.8) is 0 Å². The number of anilines is 1. The van der Waals surface area contributed by atoms with E-state index in [9.17, 15) is 4.79 Å². The van der Waals surface area contributed by atoms with E-state index in [0.717, 1.165) is 16.8 Å². The van der Waals surface area contributed by atoms with Crippen LogP contribution >= 0.6 is 11.8 Å². The summed E-state index contributed by atoms with van der Waals surface area (Å²) in [7, 11) is 0. The molecule has 0 aliphatic heterocycles. The van der Waals surface area contributed by atoms with E-state index in [1.807, 2.05) is 27.7 Å². The number of rotatable bonds is 4. The summed E-state index contributed by atoms with van der Waals surface area (Å²) in [5.74, 6) is 6.34. The van der Waals surface area contributed by atoms with Gasteiger partial charge in [-0.2, -0.15) is 0 Å². The van der Waals surface area contributed by atoms with Crippen molar-refractivity contribution in [1.82, 2.24) is 14.9 Å². The minimum absolute atomic E-state index is 0.0827. The molecular weight excluding hydrogens is 298 g/mol. The smallest absolute Gasteiger partial charge is 0.237 e. The molecule has 6 nitrogen and oxygen atoms in total. The van der Waals surface area contributed by atoms with Gasteiger partial charge >= 0.3 is 0 Å². The van der Waals surface area contributed by atoms with Crippen LogP contribution in [0.25, 0.3) is 0 Å². The molecule has 1 atom stereocenters. The van der Waals surface area contributed by atoms with E-state index in [1.54, 1.807) is 6.92 Å². The standard InChI is InChI=1S/C15H21N5OS/c1-8-6-9(2)13(10(3)7-8)17-14(21)11(4)22-15-19-18-12(5)20(15)16/h6-7,11H,16H2,1-5H3,(H,17,21)/t11-/m0/s1. The number of amides is 1. The number of nitrogens with two attached hydrogens (primary N) is 1. The Hall–Kier alpha value is -2.02. The van der Waals surface area contributed by atoms with Crippen molar-refractivity contribution in [2.75, 3.05) is 11.2 Å². The average molecular weight is 319 g/mol. The van der Waals surface area contributed by atoms with Crippen LogP contribution in [0.3, 0.4) is 0 Å². The highest BCUT2D eigenvalue weighted by Crippen LogP contribution is 2.25. The maximum absolute atomic E-state index is 12.4. The lowest BCUT2D eigenvalue weighted by atomic mass is 10.1. The molecule has 1 heterocycles. The first-order valence-corrected chi connectivity index (χ1v) is 7.90. The van der Waals surface area contributed by atoms with E-state index in [-0.39, 0.29) is 11.2 Å². The molecule has 0 fully saturated rings. The number of aromatic nitrogens is 3. The molecule has 0 aliphatic carbocycles. The predicted octanol–water partition coefficient (Wildman–Crippen LogP) is 2.34. The molecule has 0 spiro atoms. The second kappa shape index (κ2) is 6.39. The minimum atomic E-state index is -0.328. The van der Waals surface area contributed by atoms with E-state index in [1.165, 1.54) is 22.0 Å². The van der Waals surface area contributed by atoms with Crippen molar-refractivity contribution in [3.05, 3.63) is 34.6 Å². The zero-order valence-electron chi connectivity index (χ0n) is 13.5. The number of hydrogen-bond acceptors (Lipinski definition) is 5. The van der Waals surface area contributed by atoms with Crippen LogP contribution in [-0.4, -0.2) is 26.0 Å². The van der Waals surface area contributed by atoms with Gasteiger partial charge in [-0.25, -0.2) is 4.68 Å². The van der Waals surface area contributed by atoms with Crippen molar-refractivity contribution < 1.29 is 4.79 Å². The van der Waals surface area contributed by atoms with Crippen molar-refractivity contribution in [3.8, 4) is 0 Å². The zero-order chi connectivity index (χ0) is 16.4. The highest BCUT2D eigenvalue weighted by molar-refractivity contribution is 8.00. The fraction of sp³-hybridized carbons (Fsp3) is 0.400. The third-order valence-electron chi connectivity index (χ3n) is 3.41. The molecule has 0 saturated heterocycles. The summed E-state index contributed by atoms with van der Waals surface area (Å²) in [5.41, 5.74) is 4.16. The van der Waals surface area contributed by atoms with Crippen molar-refractivity contribution >= 4 is 23.4 Å². The van der Waals surface area contributed by atoms with Gasteiger partial charge in [-0.15, -0.1) is 10.2 Å². The first-order valence-electron chi connectivity index (χ1n) is 7.02. The Balaban J connectivity index is 2.11. The van der Waals surface area contributed by atoms with Crippen molar-refractivity contribution in [2.24, 2.45) is 0 Å². The first-order chi connectivity index (χ1) is 10.3. The Labute approximate surface area is 134 Å². The predicted molar refractivity (Wildman–Crippen MR) is 89.5 cm³/mol. The molecule has 2 rings (SSSR count). The molecule has 0 aliphatic rings. The van der Waals surface area contributed by atoms with Crippen LogP contribution in [0.4, 0.5) is 5.69 Å². The summed E-state index contributed by atoms with van der Waals surface area (Å²) in [6.45, 7) is 9.62. The quantitative estimate of drug-likeness (QED) is 0.667. The Morgan fingerprint density at radius 2 is 1.82 bits per heavy atom. The monoisotopic (exact) mass is 319 g/mol. The van der Waals surface area contributed by atoms with Crippen LogP contribution in [0.5, 0.6) is 0 Å². The van der Waals surface area contributed by atoms with Crippen LogP contribution in [0.15, 0.2) is 17.3 Å². The normalized spacial score (nSPS) is 12.2. The fourth-order valence-electron chi connectivity index (χ4n) is 2.24. The van der Waals surface area contributed by atoms with Gasteiger partial charge in [0.1, 0.15) is 5.82 Å². The number of thioether (sulfide) groups is 1. The highest BCUT2D eigenvalue weighted by Gasteiger charge is 2.19. The fourth-order valence-corrected chi connectivity index (χ4v) is 3.06. The maximum Gasteiger partial charge on any atom is 0.237 e. The molecule has 0 unspecified atom stereocenters. The molecule has 1 aromatic carbocycles. The van der Waals surface area contributed by atoms with Crippen molar-refractivity contribution in [1.29, 1.82) is 0 Å². The Morgan fingerprint density at radius 1 is 1.23 bits per heavy atom. The summed E-state index contributed by atoms with van der Waals surface area (Å²) in [6.07, 6.45) is 0. The van der Waals surface area contributed by atoms with Crippen LogP contribution in [0, 0.1) is 27.7 Å². The highest BCUT2D eigenvalue weighted by atomic mass is 32.2. The largest absolute Gasteiger partial charge is 0.336 e. The van der Waals surface area contributed by atoms with Gasteiger partial charge in [0.25, 0.3) is 0 Å². The lowest BCUT2D eigenvalue weighted by molar-refractivity contribution is -0.115. The van der Waals surface area contributed by atoms with Crippen LogP contribution < -0.4 is 11.2 Å².